The van der Waals surface area contributed by atoms with Gasteiger partial charge in [0.15, 0.2) is 0 Å². The number of nitrogens with zero attached hydrogens (tertiary/aromatic N) is 2. The van der Waals surface area contributed by atoms with Crippen LogP contribution in [0, 0.1) is 18.3 Å². The molecule has 2 aromatic rings. The molecule has 1 fully saturated rings. The Hall–Kier alpha value is -3.28. The number of nitrogens with two attached hydrogens (primary N) is 1. The molecule has 0 aliphatic carbocycles. The van der Waals surface area contributed by atoms with Gasteiger partial charge >= 0.3 is 0 Å². The number of aryl methyl sites for hydroxylation is 1. The largest absolute Gasteiger partial charge is 0.497 e. The Balaban J connectivity index is 1.78. The molecular formula is C23H27N4O4+. The number of nitrogens with one attached hydrogen (secondary N) is 1. The maximum absolute atomic E-state index is 13.7. The van der Waals surface area contributed by atoms with E-state index in [2.05, 4.69) is 6.07 Å². The number of hydrogen-bond donors (Lipinski definition) is 2. The van der Waals surface area contributed by atoms with Gasteiger partial charge in [0.25, 0.3) is 5.56 Å². The van der Waals surface area contributed by atoms with Crippen molar-refractivity contribution < 1.29 is 19.1 Å². The SMILES string of the molecule is COc1cccc([C@@H]2C(C#N)=C(N)Oc3cc(C)n(CC[NH+]4CCOCC4)c(=O)c32)c1. The number of hydrogen-bond acceptors (Lipinski definition) is 6. The summed E-state index contributed by atoms with van der Waals surface area (Å²) in [6.07, 6.45) is 0. The summed E-state index contributed by atoms with van der Waals surface area (Å²) >= 11 is 0. The van der Waals surface area contributed by atoms with E-state index in [4.69, 9.17) is 19.9 Å². The highest BCUT2D eigenvalue weighted by molar-refractivity contribution is 5.56. The summed E-state index contributed by atoms with van der Waals surface area (Å²) in [6, 6.07) is 11.3. The number of rotatable bonds is 5. The van der Waals surface area contributed by atoms with Crippen molar-refractivity contribution in [1.82, 2.24) is 4.57 Å². The third-order valence-corrected chi connectivity index (χ3v) is 6.01. The normalized spacial score (nSPS) is 18.8. The molecule has 2 aliphatic heterocycles. The van der Waals surface area contributed by atoms with Crippen molar-refractivity contribution in [2.45, 2.75) is 19.4 Å². The maximum atomic E-state index is 13.7. The molecule has 8 nitrogen and oxygen atoms in total. The van der Waals surface area contributed by atoms with E-state index in [1.165, 1.54) is 4.90 Å². The maximum Gasteiger partial charge on any atom is 0.258 e. The quantitative estimate of drug-likeness (QED) is 0.717. The zero-order valence-electron chi connectivity index (χ0n) is 17.8. The summed E-state index contributed by atoms with van der Waals surface area (Å²) in [4.78, 5) is 15.1. The summed E-state index contributed by atoms with van der Waals surface area (Å²) in [5.74, 6) is 0.461. The van der Waals surface area contributed by atoms with Gasteiger partial charge in [-0.15, -0.1) is 0 Å². The van der Waals surface area contributed by atoms with Crippen molar-refractivity contribution in [2.24, 2.45) is 5.73 Å². The van der Waals surface area contributed by atoms with E-state index in [1.54, 1.807) is 11.7 Å². The van der Waals surface area contributed by atoms with Crippen molar-refractivity contribution >= 4 is 0 Å². The highest BCUT2D eigenvalue weighted by Gasteiger charge is 2.34. The fraction of sp³-hybridized carbons (Fsp3) is 0.391. The van der Waals surface area contributed by atoms with E-state index in [0.29, 0.717) is 23.6 Å². The van der Waals surface area contributed by atoms with Gasteiger partial charge in [-0.1, -0.05) is 12.1 Å². The van der Waals surface area contributed by atoms with Crippen LogP contribution in [0.1, 0.15) is 22.7 Å². The lowest BCUT2D eigenvalue weighted by molar-refractivity contribution is -0.908. The first-order chi connectivity index (χ1) is 15.0. The number of nitriles is 1. The minimum atomic E-state index is -0.612. The van der Waals surface area contributed by atoms with E-state index >= 15 is 0 Å². The van der Waals surface area contributed by atoms with E-state index in [-0.39, 0.29) is 17.0 Å². The highest BCUT2D eigenvalue weighted by atomic mass is 16.5. The van der Waals surface area contributed by atoms with Gasteiger partial charge < -0.3 is 29.4 Å². The van der Waals surface area contributed by atoms with Gasteiger partial charge in [-0.25, -0.2) is 0 Å². The second kappa shape index (κ2) is 8.84. The van der Waals surface area contributed by atoms with Crippen LogP contribution in [0.15, 0.2) is 46.6 Å². The van der Waals surface area contributed by atoms with Crippen LogP contribution in [0.5, 0.6) is 11.5 Å². The smallest absolute Gasteiger partial charge is 0.258 e. The molecule has 2 aliphatic rings. The standard InChI is InChI=1S/C23H26N4O4/c1-15-12-19-21(23(28)27(15)7-6-26-8-10-30-11-9-26)20(18(14-24)22(25)31-19)16-4-3-5-17(13-16)29-2/h3-5,12-13,20H,6-11,25H2,1-2H3/p+1/t20-/m1/s1. The molecule has 1 aromatic carbocycles. The van der Waals surface area contributed by atoms with Crippen molar-refractivity contribution in [3.05, 3.63) is 69.0 Å². The lowest BCUT2D eigenvalue weighted by Crippen LogP contribution is -3.14. The fourth-order valence-corrected chi connectivity index (χ4v) is 4.30. The van der Waals surface area contributed by atoms with E-state index < -0.39 is 5.92 Å². The average Bonchev–Trinajstić information content (AvgIpc) is 2.78. The molecule has 3 heterocycles. The monoisotopic (exact) mass is 423 g/mol. The topological polar surface area (TPSA) is 104 Å². The fourth-order valence-electron chi connectivity index (χ4n) is 4.30. The number of aromatic nitrogens is 1. The van der Waals surface area contributed by atoms with E-state index in [1.807, 2.05) is 37.3 Å². The number of quaternary nitrogens is 1. The molecule has 0 saturated carbocycles. The minimum absolute atomic E-state index is 0.0251. The molecule has 3 N–H and O–H groups in total. The molecule has 4 rings (SSSR count). The molecule has 8 heteroatoms. The first-order valence-corrected chi connectivity index (χ1v) is 10.4. The number of morpholine rings is 1. The number of fused-ring (bicyclic) bond motifs is 1. The molecule has 31 heavy (non-hydrogen) atoms. The Morgan fingerprint density at radius 1 is 1.32 bits per heavy atom. The molecular weight excluding hydrogens is 396 g/mol. The van der Waals surface area contributed by atoms with Crippen molar-refractivity contribution in [2.75, 3.05) is 40.0 Å². The average molecular weight is 423 g/mol. The first kappa shape index (κ1) is 21.0. The Morgan fingerprint density at radius 2 is 2.10 bits per heavy atom. The third-order valence-electron chi connectivity index (χ3n) is 6.01. The summed E-state index contributed by atoms with van der Waals surface area (Å²) in [5, 5.41) is 9.81. The summed E-state index contributed by atoms with van der Waals surface area (Å²) in [7, 11) is 1.58. The molecule has 1 atom stereocenters. The third kappa shape index (κ3) is 4.02. The predicted octanol–water partition coefficient (Wildman–Crippen LogP) is 0.299. The second-order valence-electron chi connectivity index (χ2n) is 7.83. The van der Waals surface area contributed by atoms with Gasteiger partial charge in [-0.3, -0.25) is 4.79 Å². The van der Waals surface area contributed by atoms with Gasteiger partial charge in [0.1, 0.15) is 36.2 Å². The van der Waals surface area contributed by atoms with Gasteiger partial charge in [0, 0.05) is 11.8 Å². The number of allylic oxidation sites excluding steroid dienone is 1. The van der Waals surface area contributed by atoms with Crippen LogP contribution >= 0.6 is 0 Å². The van der Waals surface area contributed by atoms with Crippen LogP contribution in [0.4, 0.5) is 0 Å². The summed E-state index contributed by atoms with van der Waals surface area (Å²) in [6.45, 7) is 6.66. The van der Waals surface area contributed by atoms with E-state index in [9.17, 15) is 10.1 Å². The zero-order valence-corrected chi connectivity index (χ0v) is 17.8. The zero-order chi connectivity index (χ0) is 22.0. The molecule has 162 valence electrons. The van der Waals surface area contributed by atoms with Crippen LogP contribution in [-0.4, -0.2) is 44.5 Å². The van der Waals surface area contributed by atoms with Gasteiger partial charge in [0.2, 0.25) is 5.88 Å². The highest BCUT2D eigenvalue weighted by Crippen LogP contribution is 2.41. The number of pyridine rings is 1. The predicted molar refractivity (Wildman–Crippen MR) is 114 cm³/mol. The van der Waals surface area contributed by atoms with Crippen molar-refractivity contribution in [3.8, 4) is 17.6 Å². The second-order valence-corrected chi connectivity index (χ2v) is 7.83. The Bertz CT molecular complexity index is 1110. The summed E-state index contributed by atoms with van der Waals surface area (Å²) < 4.78 is 18.3. The van der Waals surface area contributed by atoms with Crippen molar-refractivity contribution in [3.63, 3.8) is 0 Å². The molecule has 0 bridgehead atoms. The van der Waals surface area contributed by atoms with Crippen LogP contribution in [0.2, 0.25) is 0 Å². The Labute approximate surface area is 181 Å². The lowest BCUT2D eigenvalue weighted by atomic mass is 9.84. The number of ether oxygens (including phenoxy) is 3. The Kier molecular flexibility index (Phi) is 5.98. The van der Waals surface area contributed by atoms with Gasteiger partial charge in [-0.05, 0) is 24.6 Å². The Morgan fingerprint density at radius 3 is 2.81 bits per heavy atom. The van der Waals surface area contributed by atoms with Gasteiger partial charge in [0.05, 0.1) is 44.9 Å². The molecule has 0 radical (unpaired) electrons. The van der Waals surface area contributed by atoms with E-state index in [0.717, 1.165) is 44.1 Å². The molecule has 0 amide bonds. The van der Waals surface area contributed by atoms with Crippen LogP contribution < -0.4 is 25.7 Å². The molecule has 1 aromatic heterocycles. The van der Waals surface area contributed by atoms with Crippen LogP contribution in [0.25, 0.3) is 0 Å². The van der Waals surface area contributed by atoms with Crippen LogP contribution in [-0.2, 0) is 11.3 Å². The molecule has 0 spiro atoms. The lowest BCUT2D eigenvalue weighted by Gasteiger charge is -2.28. The minimum Gasteiger partial charge on any atom is -0.497 e. The first-order valence-electron chi connectivity index (χ1n) is 10.4. The molecule has 1 saturated heterocycles. The van der Waals surface area contributed by atoms with Crippen molar-refractivity contribution in [1.29, 1.82) is 5.26 Å². The van der Waals surface area contributed by atoms with Gasteiger partial charge in [-0.2, -0.15) is 5.26 Å². The number of methoxy groups -OCH3 is 1. The molecule has 0 unspecified atom stereocenters. The number of benzene rings is 1. The van der Waals surface area contributed by atoms with Crippen LogP contribution in [0.3, 0.4) is 0 Å². The summed E-state index contributed by atoms with van der Waals surface area (Å²) in [5.41, 5.74) is 8.14.